The standard InChI is InChI=1S/C16H14ClNO2S/c17-13-4-1-11(2-5-13)10-18-7-8-21-15-6-3-12(16(19)20)9-14(15)18/h1-6,9H,7-8,10H2,(H,19,20). The van der Waals surface area contributed by atoms with Crippen LogP contribution in [0.4, 0.5) is 5.69 Å². The van der Waals surface area contributed by atoms with Crippen LogP contribution in [0.25, 0.3) is 0 Å². The molecule has 0 fully saturated rings. The molecule has 21 heavy (non-hydrogen) atoms. The fourth-order valence-corrected chi connectivity index (χ4v) is 3.54. The first-order valence-corrected chi connectivity index (χ1v) is 7.99. The van der Waals surface area contributed by atoms with Gasteiger partial charge in [-0.1, -0.05) is 23.7 Å². The van der Waals surface area contributed by atoms with Gasteiger partial charge in [0.15, 0.2) is 0 Å². The second-order valence-electron chi connectivity index (χ2n) is 4.88. The summed E-state index contributed by atoms with van der Waals surface area (Å²) in [5.41, 5.74) is 2.50. The number of hydrogen-bond acceptors (Lipinski definition) is 3. The van der Waals surface area contributed by atoms with E-state index in [1.54, 1.807) is 23.9 Å². The van der Waals surface area contributed by atoms with Gasteiger partial charge in [0.05, 0.1) is 11.3 Å². The number of fused-ring (bicyclic) bond motifs is 1. The molecule has 2 aromatic rings. The molecule has 0 radical (unpaired) electrons. The molecular weight excluding hydrogens is 306 g/mol. The van der Waals surface area contributed by atoms with Crippen molar-refractivity contribution in [3.63, 3.8) is 0 Å². The number of aromatic carboxylic acids is 1. The normalized spacial score (nSPS) is 13.9. The summed E-state index contributed by atoms with van der Waals surface area (Å²) in [5.74, 6) is 0.118. The first-order chi connectivity index (χ1) is 10.1. The van der Waals surface area contributed by atoms with Gasteiger partial charge in [-0.25, -0.2) is 4.79 Å². The maximum Gasteiger partial charge on any atom is 0.335 e. The number of thioether (sulfide) groups is 1. The molecule has 0 spiro atoms. The lowest BCUT2D eigenvalue weighted by atomic mass is 10.1. The summed E-state index contributed by atoms with van der Waals surface area (Å²) in [7, 11) is 0. The molecule has 0 saturated carbocycles. The Hall–Kier alpha value is -1.65. The molecule has 2 aromatic carbocycles. The van der Waals surface area contributed by atoms with Crippen LogP contribution in [0.1, 0.15) is 15.9 Å². The number of nitrogens with zero attached hydrogens (tertiary/aromatic N) is 1. The van der Waals surface area contributed by atoms with Crippen molar-refractivity contribution in [2.24, 2.45) is 0 Å². The van der Waals surface area contributed by atoms with Gasteiger partial charge in [-0.05, 0) is 35.9 Å². The van der Waals surface area contributed by atoms with E-state index in [1.807, 2.05) is 30.3 Å². The van der Waals surface area contributed by atoms with E-state index >= 15 is 0 Å². The summed E-state index contributed by atoms with van der Waals surface area (Å²) >= 11 is 7.68. The Morgan fingerprint density at radius 3 is 2.71 bits per heavy atom. The molecule has 0 saturated heterocycles. The number of carboxylic acids is 1. The molecule has 3 nitrogen and oxygen atoms in total. The molecular formula is C16H14ClNO2S. The van der Waals surface area contributed by atoms with Gasteiger partial charge >= 0.3 is 5.97 Å². The van der Waals surface area contributed by atoms with E-state index in [-0.39, 0.29) is 0 Å². The molecule has 0 bridgehead atoms. The fraction of sp³-hybridized carbons (Fsp3) is 0.188. The number of benzene rings is 2. The SMILES string of the molecule is O=C(O)c1ccc2c(c1)N(Cc1ccc(Cl)cc1)CCS2. The van der Waals surface area contributed by atoms with E-state index in [2.05, 4.69) is 4.90 Å². The smallest absolute Gasteiger partial charge is 0.335 e. The Kier molecular flexibility index (Phi) is 4.08. The Bertz CT molecular complexity index is 672. The van der Waals surface area contributed by atoms with Crippen LogP contribution in [0.15, 0.2) is 47.4 Å². The van der Waals surface area contributed by atoms with Gasteiger partial charge in [-0.15, -0.1) is 11.8 Å². The zero-order valence-electron chi connectivity index (χ0n) is 11.3. The zero-order valence-corrected chi connectivity index (χ0v) is 12.8. The van der Waals surface area contributed by atoms with Crippen LogP contribution in [-0.2, 0) is 6.54 Å². The first kappa shape index (κ1) is 14.3. The van der Waals surface area contributed by atoms with Gasteiger partial charge in [-0.2, -0.15) is 0 Å². The lowest BCUT2D eigenvalue weighted by Crippen LogP contribution is -2.28. The molecule has 0 amide bonds. The number of rotatable bonds is 3. The average Bonchev–Trinajstić information content (AvgIpc) is 2.49. The second kappa shape index (κ2) is 6.00. The van der Waals surface area contributed by atoms with Gasteiger partial charge < -0.3 is 10.0 Å². The third-order valence-corrected chi connectivity index (χ3v) is 4.75. The zero-order chi connectivity index (χ0) is 14.8. The Morgan fingerprint density at radius 1 is 1.24 bits per heavy atom. The number of carboxylic acid groups (broad SMARTS) is 1. The first-order valence-electron chi connectivity index (χ1n) is 6.63. The highest BCUT2D eigenvalue weighted by atomic mass is 35.5. The van der Waals surface area contributed by atoms with Gasteiger partial charge in [0, 0.05) is 28.8 Å². The Morgan fingerprint density at radius 2 is 2.00 bits per heavy atom. The van der Waals surface area contributed by atoms with E-state index in [0.717, 1.165) is 40.0 Å². The highest BCUT2D eigenvalue weighted by molar-refractivity contribution is 7.99. The summed E-state index contributed by atoms with van der Waals surface area (Å²) in [6.07, 6.45) is 0. The van der Waals surface area contributed by atoms with E-state index in [9.17, 15) is 4.79 Å². The van der Waals surface area contributed by atoms with Crippen molar-refractivity contribution in [1.82, 2.24) is 0 Å². The van der Waals surface area contributed by atoms with Crippen molar-refractivity contribution < 1.29 is 9.90 Å². The van der Waals surface area contributed by atoms with E-state index in [0.29, 0.717) is 5.56 Å². The molecule has 1 N–H and O–H groups in total. The summed E-state index contributed by atoms with van der Waals surface area (Å²) < 4.78 is 0. The lowest BCUT2D eigenvalue weighted by Gasteiger charge is -2.31. The number of halogens is 1. The Labute approximate surface area is 132 Å². The van der Waals surface area contributed by atoms with Crippen molar-refractivity contribution in [2.45, 2.75) is 11.4 Å². The van der Waals surface area contributed by atoms with Crippen molar-refractivity contribution in [3.05, 3.63) is 58.6 Å². The molecule has 0 unspecified atom stereocenters. The van der Waals surface area contributed by atoms with Crippen molar-refractivity contribution in [3.8, 4) is 0 Å². The summed E-state index contributed by atoms with van der Waals surface area (Å²) in [4.78, 5) is 14.5. The summed E-state index contributed by atoms with van der Waals surface area (Å²) in [5, 5.41) is 9.88. The number of anilines is 1. The second-order valence-corrected chi connectivity index (χ2v) is 6.46. The highest BCUT2D eigenvalue weighted by Gasteiger charge is 2.19. The van der Waals surface area contributed by atoms with Gasteiger partial charge in [-0.3, -0.25) is 0 Å². The number of carbonyl (C=O) groups is 1. The van der Waals surface area contributed by atoms with Gasteiger partial charge in [0.1, 0.15) is 0 Å². The van der Waals surface area contributed by atoms with Crippen molar-refractivity contribution >= 4 is 35.0 Å². The third-order valence-electron chi connectivity index (χ3n) is 3.45. The van der Waals surface area contributed by atoms with Crippen LogP contribution in [0.2, 0.25) is 5.02 Å². The molecule has 1 heterocycles. The quantitative estimate of drug-likeness (QED) is 0.922. The van der Waals surface area contributed by atoms with E-state index < -0.39 is 5.97 Å². The maximum atomic E-state index is 11.1. The van der Waals surface area contributed by atoms with Crippen LogP contribution in [0.5, 0.6) is 0 Å². The predicted molar refractivity (Wildman–Crippen MR) is 86.6 cm³/mol. The molecule has 1 aliphatic heterocycles. The lowest BCUT2D eigenvalue weighted by molar-refractivity contribution is 0.0697. The molecule has 1 aliphatic rings. The average molecular weight is 320 g/mol. The minimum Gasteiger partial charge on any atom is -0.478 e. The molecule has 108 valence electrons. The minimum absolute atomic E-state index is 0.331. The molecule has 3 rings (SSSR count). The van der Waals surface area contributed by atoms with Crippen LogP contribution >= 0.6 is 23.4 Å². The fourth-order valence-electron chi connectivity index (χ4n) is 2.38. The van der Waals surface area contributed by atoms with Crippen molar-refractivity contribution in [2.75, 3.05) is 17.2 Å². The predicted octanol–water partition coefficient (Wildman–Crippen LogP) is 4.15. The van der Waals surface area contributed by atoms with Crippen LogP contribution in [0, 0.1) is 0 Å². The molecule has 0 atom stereocenters. The van der Waals surface area contributed by atoms with Gasteiger partial charge in [0.2, 0.25) is 0 Å². The Balaban J connectivity index is 1.90. The third kappa shape index (κ3) is 3.17. The maximum absolute atomic E-state index is 11.1. The van der Waals surface area contributed by atoms with Crippen LogP contribution in [0.3, 0.4) is 0 Å². The molecule has 0 aromatic heterocycles. The summed E-state index contributed by atoms with van der Waals surface area (Å²) in [6, 6.07) is 13.1. The summed E-state index contributed by atoms with van der Waals surface area (Å²) in [6.45, 7) is 1.66. The van der Waals surface area contributed by atoms with E-state index in [4.69, 9.17) is 16.7 Å². The highest BCUT2D eigenvalue weighted by Crippen LogP contribution is 2.36. The monoisotopic (exact) mass is 319 g/mol. The van der Waals surface area contributed by atoms with E-state index in [1.165, 1.54) is 0 Å². The largest absolute Gasteiger partial charge is 0.478 e. The minimum atomic E-state index is -0.889. The van der Waals surface area contributed by atoms with Crippen LogP contribution < -0.4 is 4.90 Å². The number of hydrogen-bond donors (Lipinski definition) is 1. The molecule has 5 heteroatoms. The topological polar surface area (TPSA) is 40.5 Å². The molecule has 0 aliphatic carbocycles. The van der Waals surface area contributed by atoms with Crippen molar-refractivity contribution in [1.29, 1.82) is 0 Å². The van der Waals surface area contributed by atoms with Gasteiger partial charge in [0.25, 0.3) is 0 Å². The van der Waals surface area contributed by atoms with Crippen LogP contribution in [-0.4, -0.2) is 23.4 Å².